The van der Waals surface area contributed by atoms with Crippen molar-refractivity contribution in [2.45, 2.75) is 12.8 Å². The Morgan fingerprint density at radius 1 is 1.62 bits per heavy atom. The van der Waals surface area contributed by atoms with E-state index in [1.807, 2.05) is 18.2 Å². The summed E-state index contributed by atoms with van der Waals surface area (Å²) in [5.74, 6) is 0. The second-order valence-corrected chi connectivity index (χ2v) is 2.94. The number of nitrogens with zero attached hydrogens (tertiary/aromatic N) is 2. The number of halogens is 1. The monoisotopic (exact) mass is 192 g/mol. The van der Waals surface area contributed by atoms with E-state index in [1.54, 1.807) is 6.07 Å². The van der Waals surface area contributed by atoms with E-state index in [4.69, 9.17) is 16.9 Å². The van der Waals surface area contributed by atoms with Crippen molar-refractivity contribution in [3.8, 4) is 6.07 Å². The Morgan fingerprint density at radius 2 is 2.38 bits per heavy atom. The summed E-state index contributed by atoms with van der Waals surface area (Å²) in [6.45, 7) is 3.62. The van der Waals surface area contributed by atoms with Gasteiger partial charge >= 0.3 is 0 Å². The van der Waals surface area contributed by atoms with E-state index in [2.05, 4.69) is 11.6 Å². The summed E-state index contributed by atoms with van der Waals surface area (Å²) < 4.78 is 0. The predicted octanol–water partition coefficient (Wildman–Crippen LogP) is 2.73. The molecule has 66 valence electrons. The molecule has 2 nitrogen and oxygen atoms in total. The van der Waals surface area contributed by atoms with Gasteiger partial charge in [0.2, 0.25) is 0 Å². The van der Waals surface area contributed by atoms with E-state index < -0.39 is 0 Å². The van der Waals surface area contributed by atoms with Crippen LogP contribution in [-0.2, 0) is 6.42 Å². The highest BCUT2D eigenvalue weighted by molar-refractivity contribution is 6.30. The number of rotatable bonds is 3. The molecule has 1 heterocycles. The molecular weight excluding hydrogens is 184 g/mol. The number of pyridine rings is 1. The van der Waals surface area contributed by atoms with E-state index >= 15 is 0 Å². The Labute approximate surface area is 82.5 Å². The standard InChI is InChI=1S/C10H9ClN2/c1-2-3-4-9-6-5-8(7-12)10(11)13-9/h2,5-6H,1,3-4H2. The van der Waals surface area contributed by atoms with E-state index in [9.17, 15) is 0 Å². The van der Waals surface area contributed by atoms with Gasteiger partial charge in [0, 0.05) is 5.69 Å². The van der Waals surface area contributed by atoms with Crippen molar-refractivity contribution in [2.75, 3.05) is 0 Å². The lowest BCUT2D eigenvalue weighted by Crippen LogP contribution is -1.91. The molecule has 0 saturated carbocycles. The average molecular weight is 193 g/mol. The van der Waals surface area contributed by atoms with Gasteiger partial charge in [-0.3, -0.25) is 0 Å². The van der Waals surface area contributed by atoms with Crippen molar-refractivity contribution in [3.05, 3.63) is 41.2 Å². The van der Waals surface area contributed by atoms with E-state index in [0.29, 0.717) is 5.56 Å². The lowest BCUT2D eigenvalue weighted by molar-refractivity contribution is 0.944. The summed E-state index contributed by atoms with van der Waals surface area (Å²) in [5.41, 5.74) is 1.31. The Morgan fingerprint density at radius 3 is 2.92 bits per heavy atom. The minimum atomic E-state index is 0.282. The summed E-state index contributed by atoms with van der Waals surface area (Å²) in [6.07, 6.45) is 3.51. The van der Waals surface area contributed by atoms with Crippen LogP contribution in [0.4, 0.5) is 0 Å². The topological polar surface area (TPSA) is 36.7 Å². The molecule has 1 aromatic heterocycles. The first-order valence-corrected chi connectivity index (χ1v) is 4.32. The summed E-state index contributed by atoms with van der Waals surface area (Å²) in [5, 5.41) is 8.88. The van der Waals surface area contributed by atoms with Crippen LogP contribution in [0.1, 0.15) is 17.7 Å². The van der Waals surface area contributed by atoms with Crippen molar-refractivity contribution in [3.63, 3.8) is 0 Å². The van der Waals surface area contributed by atoms with Crippen LogP contribution in [0.3, 0.4) is 0 Å². The van der Waals surface area contributed by atoms with Crippen molar-refractivity contribution in [1.82, 2.24) is 4.98 Å². The zero-order chi connectivity index (χ0) is 9.68. The van der Waals surface area contributed by atoms with Gasteiger partial charge in [0.1, 0.15) is 11.2 Å². The number of hydrogen-bond donors (Lipinski definition) is 0. The van der Waals surface area contributed by atoms with Crippen molar-refractivity contribution in [1.29, 1.82) is 5.26 Å². The van der Waals surface area contributed by atoms with Gasteiger partial charge in [-0.25, -0.2) is 4.98 Å². The zero-order valence-electron chi connectivity index (χ0n) is 7.13. The normalized spacial score (nSPS) is 9.23. The minimum absolute atomic E-state index is 0.282. The quantitative estimate of drug-likeness (QED) is 0.546. The fourth-order valence-corrected chi connectivity index (χ4v) is 1.16. The van der Waals surface area contributed by atoms with Crippen LogP contribution < -0.4 is 0 Å². The third kappa shape index (κ3) is 2.57. The average Bonchev–Trinajstić information content (AvgIpc) is 2.15. The zero-order valence-corrected chi connectivity index (χ0v) is 7.88. The predicted molar refractivity (Wildman–Crippen MR) is 52.5 cm³/mol. The molecule has 13 heavy (non-hydrogen) atoms. The molecule has 1 aromatic rings. The highest BCUT2D eigenvalue weighted by Crippen LogP contribution is 2.13. The van der Waals surface area contributed by atoms with E-state index in [1.165, 1.54) is 0 Å². The minimum Gasteiger partial charge on any atom is -0.240 e. The number of hydrogen-bond acceptors (Lipinski definition) is 2. The smallest absolute Gasteiger partial charge is 0.147 e. The maximum absolute atomic E-state index is 8.59. The second-order valence-electron chi connectivity index (χ2n) is 2.58. The largest absolute Gasteiger partial charge is 0.240 e. The third-order valence-corrected chi connectivity index (χ3v) is 1.92. The van der Waals surface area contributed by atoms with Crippen LogP contribution >= 0.6 is 11.6 Å². The van der Waals surface area contributed by atoms with Gasteiger partial charge in [0.25, 0.3) is 0 Å². The van der Waals surface area contributed by atoms with E-state index in [0.717, 1.165) is 18.5 Å². The highest BCUT2D eigenvalue weighted by Gasteiger charge is 2.01. The molecule has 0 spiro atoms. The maximum atomic E-state index is 8.59. The Hall–Kier alpha value is -1.33. The molecule has 0 unspecified atom stereocenters. The Bertz CT molecular complexity index is 352. The number of nitriles is 1. The first kappa shape index (κ1) is 9.76. The maximum Gasteiger partial charge on any atom is 0.147 e. The number of aryl methyl sites for hydroxylation is 1. The molecule has 1 rings (SSSR count). The molecule has 0 aliphatic carbocycles. The van der Waals surface area contributed by atoms with Gasteiger partial charge in [-0.05, 0) is 25.0 Å². The fourth-order valence-electron chi connectivity index (χ4n) is 0.944. The molecule has 0 radical (unpaired) electrons. The lowest BCUT2D eigenvalue weighted by atomic mass is 10.2. The van der Waals surface area contributed by atoms with Crippen LogP contribution in [0.25, 0.3) is 0 Å². The lowest BCUT2D eigenvalue weighted by Gasteiger charge is -1.99. The van der Waals surface area contributed by atoms with Gasteiger partial charge in [-0.1, -0.05) is 17.7 Å². The van der Waals surface area contributed by atoms with Gasteiger partial charge in [-0.2, -0.15) is 5.26 Å². The summed E-state index contributed by atoms with van der Waals surface area (Å²) in [6, 6.07) is 5.47. The first-order chi connectivity index (χ1) is 6.27. The molecule has 0 amide bonds. The summed E-state index contributed by atoms with van der Waals surface area (Å²) >= 11 is 5.75. The van der Waals surface area contributed by atoms with Gasteiger partial charge in [0.15, 0.2) is 0 Å². The molecule has 0 aromatic carbocycles. The molecule has 0 bridgehead atoms. The van der Waals surface area contributed by atoms with Crippen LogP contribution in [0.5, 0.6) is 0 Å². The molecule has 0 aliphatic rings. The summed E-state index contributed by atoms with van der Waals surface area (Å²) in [4.78, 5) is 4.08. The van der Waals surface area contributed by atoms with Crippen LogP contribution in [0.15, 0.2) is 24.8 Å². The molecule has 0 fully saturated rings. The van der Waals surface area contributed by atoms with Crippen molar-refractivity contribution < 1.29 is 0 Å². The summed E-state index contributed by atoms with van der Waals surface area (Å²) in [7, 11) is 0. The second kappa shape index (κ2) is 4.64. The molecule has 0 atom stereocenters. The van der Waals surface area contributed by atoms with Crippen LogP contribution in [-0.4, -0.2) is 4.98 Å². The van der Waals surface area contributed by atoms with Gasteiger partial charge < -0.3 is 0 Å². The SMILES string of the molecule is C=CCCc1ccc(C#N)c(Cl)n1. The first-order valence-electron chi connectivity index (χ1n) is 3.94. The molecular formula is C10H9ClN2. The number of allylic oxidation sites excluding steroid dienone is 1. The molecule has 0 saturated heterocycles. The molecule has 3 heteroatoms. The van der Waals surface area contributed by atoms with Gasteiger partial charge in [-0.15, -0.1) is 6.58 Å². The van der Waals surface area contributed by atoms with Crippen molar-refractivity contribution in [2.24, 2.45) is 0 Å². The number of aromatic nitrogens is 1. The van der Waals surface area contributed by atoms with Gasteiger partial charge in [0.05, 0.1) is 5.56 Å². The van der Waals surface area contributed by atoms with Crippen LogP contribution in [0.2, 0.25) is 5.15 Å². The Kier molecular flexibility index (Phi) is 3.48. The third-order valence-electron chi connectivity index (χ3n) is 1.63. The van der Waals surface area contributed by atoms with Crippen LogP contribution in [0, 0.1) is 11.3 Å². The Balaban J connectivity index is 2.84. The van der Waals surface area contributed by atoms with E-state index in [-0.39, 0.29) is 5.15 Å². The van der Waals surface area contributed by atoms with Crippen molar-refractivity contribution >= 4 is 11.6 Å². The molecule has 0 N–H and O–H groups in total. The highest BCUT2D eigenvalue weighted by atomic mass is 35.5. The fraction of sp³-hybridized carbons (Fsp3) is 0.200. The molecule has 0 aliphatic heterocycles.